The molecule has 0 amide bonds. The molecule has 2 saturated heterocycles. The van der Waals surface area contributed by atoms with Gasteiger partial charge < -0.3 is 20.3 Å². The van der Waals surface area contributed by atoms with Crippen molar-refractivity contribution in [3.8, 4) is 0 Å². The first-order chi connectivity index (χ1) is 13.8. The quantitative estimate of drug-likeness (QED) is 0.333. The van der Waals surface area contributed by atoms with Crippen LogP contribution in [0.2, 0.25) is 0 Å². The molecule has 1 aromatic rings. The van der Waals surface area contributed by atoms with Gasteiger partial charge in [-0.05, 0) is 44.7 Å². The lowest BCUT2D eigenvalue weighted by molar-refractivity contribution is 0.0756. The molecule has 2 fully saturated rings. The van der Waals surface area contributed by atoms with E-state index in [1.165, 1.54) is 17.5 Å². The smallest absolute Gasteiger partial charge is 0.191 e. The lowest BCUT2D eigenvalue weighted by Gasteiger charge is -2.37. The number of aliphatic imine (C=N–C) groups is 1. The van der Waals surface area contributed by atoms with Crippen molar-refractivity contribution < 1.29 is 13.2 Å². The Kier molecular flexibility index (Phi) is 9.23. The Morgan fingerprint density at radius 1 is 1.27 bits per heavy atom. The zero-order valence-electron chi connectivity index (χ0n) is 18.2. The van der Waals surface area contributed by atoms with E-state index in [1.54, 1.807) is 7.05 Å². The maximum absolute atomic E-state index is 12.5. The number of piperidine rings is 1. The van der Waals surface area contributed by atoms with Crippen LogP contribution in [0.4, 0.5) is 5.69 Å². The number of benzene rings is 1. The van der Waals surface area contributed by atoms with Gasteiger partial charge in [0.15, 0.2) is 15.8 Å². The summed E-state index contributed by atoms with van der Waals surface area (Å²) in [5, 5.41) is 6.78. The third kappa shape index (κ3) is 6.23. The molecule has 7 nitrogen and oxygen atoms in total. The van der Waals surface area contributed by atoms with Gasteiger partial charge in [0.2, 0.25) is 0 Å². The Morgan fingerprint density at radius 3 is 2.53 bits per heavy atom. The van der Waals surface area contributed by atoms with Crippen LogP contribution in [-0.4, -0.2) is 71.3 Å². The van der Waals surface area contributed by atoms with Gasteiger partial charge in [-0.15, -0.1) is 24.0 Å². The largest absolute Gasteiger partial charge is 0.381 e. The molecule has 2 aliphatic heterocycles. The van der Waals surface area contributed by atoms with Gasteiger partial charge in [0, 0.05) is 57.9 Å². The highest BCUT2D eigenvalue weighted by atomic mass is 127. The summed E-state index contributed by atoms with van der Waals surface area (Å²) in [4.78, 5) is 6.73. The van der Waals surface area contributed by atoms with Crippen molar-refractivity contribution in [1.29, 1.82) is 0 Å². The monoisotopic (exact) mass is 550 g/mol. The van der Waals surface area contributed by atoms with Crippen LogP contribution in [0.1, 0.15) is 31.2 Å². The van der Waals surface area contributed by atoms with Crippen molar-refractivity contribution in [2.45, 2.75) is 43.4 Å². The molecule has 0 spiro atoms. The van der Waals surface area contributed by atoms with Crippen LogP contribution in [0.5, 0.6) is 0 Å². The molecule has 30 heavy (non-hydrogen) atoms. The summed E-state index contributed by atoms with van der Waals surface area (Å²) in [5.74, 6) is 0.662. The van der Waals surface area contributed by atoms with E-state index in [9.17, 15) is 8.42 Å². The van der Waals surface area contributed by atoms with E-state index in [1.807, 2.05) is 0 Å². The highest BCUT2D eigenvalue weighted by Gasteiger charge is 2.42. The van der Waals surface area contributed by atoms with Crippen molar-refractivity contribution in [3.05, 3.63) is 29.8 Å². The average Bonchev–Trinajstić information content (AvgIpc) is 2.72. The fourth-order valence-corrected chi connectivity index (χ4v) is 5.38. The predicted molar refractivity (Wildman–Crippen MR) is 134 cm³/mol. The Bertz CT molecular complexity index is 808. The molecule has 1 aromatic carbocycles. The molecule has 2 heterocycles. The molecular weight excluding hydrogens is 515 g/mol. The number of nitrogens with one attached hydrogen (secondary N) is 2. The van der Waals surface area contributed by atoms with Gasteiger partial charge in [0.25, 0.3) is 0 Å². The minimum Gasteiger partial charge on any atom is -0.381 e. The zero-order chi connectivity index (χ0) is 20.9. The van der Waals surface area contributed by atoms with Crippen LogP contribution in [0, 0.1) is 6.92 Å². The molecule has 170 valence electrons. The maximum atomic E-state index is 12.5. The van der Waals surface area contributed by atoms with Gasteiger partial charge >= 0.3 is 0 Å². The van der Waals surface area contributed by atoms with E-state index in [-0.39, 0.29) is 30.0 Å². The SMILES string of the molecule is CN=C(NCC1(S(C)(=O)=O)CCOCC1)NC1CCCN(c2ccc(C)cc2)C1.I. The van der Waals surface area contributed by atoms with Gasteiger partial charge in [0.1, 0.15) is 0 Å². The second-order valence-corrected chi connectivity index (χ2v) is 10.7. The van der Waals surface area contributed by atoms with Crippen LogP contribution >= 0.6 is 24.0 Å². The van der Waals surface area contributed by atoms with E-state index < -0.39 is 14.6 Å². The van der Waals surface area contributed by atoms with Crippen LogP contribution in [0.15, 0.2) is 29.3 Å². The van der Waals surface area contributed by atoms with Gasteiger partial charge in [0.05, 0.1) is 4.75 Å². The van der Waals surface area contributed by atoms with E-state index in [4.69, 9.17) is 4.74 Å². The van der Waals surface area contributed by atoms with Crippen LogP contribution in [-0.2, 0) is 14.6 Å². The van der Waals surface area contributed by atoms with E-state index in [0.29, 0.717) is 38.6 Å². The number of aryl methyl sites for hydroxylation is 1. The highest BCUT2D eigenvalue weighted by molar-refractivity contribution is 14.0. The number of halogens is 1. The van der Waals surface area contributed by atoms with Gasteiger partial charge in [-0.3, -0.25) is 4.99 Å². The molecule has 1 atom stereocenters. The summed E-state index contributed by atoms with van der Waals surface area (Å²) in [6.45, 7) is 5.36. The molecule has 0 aromatic heterocycles. The molecule has 2 N–H and O–H groups in total. The van der Waals surface area contributed by atoms with Gasteiger partial charge in [-0.2, -0.15) is 0 Å². The number of rotatable bonds is 5. The second kappa shape index (κ2) is 11.0. The maximum Gasteiger partial charge on any atom is 0.191 e. The molecule has 0 aliphatic carbocycles. The topological polar surface area (TPSA) is 83.0 Å². The molecule has 3 rings (SSSR count). The average molecular weight is 551 g/mol. The van der Waals surface area contributed by atoms with Crippen molar-refractivity contribution >= 4 is 45.5 Å². The molecule has 9 heteroatoms. The number of ether oxygens (including phenoxy) is 1. The van der Waals surface area contributed by atoms with Crippen LogP contribution in [0.3, 0.4) is 0 Å². The Balaban J connectivity index is 0.00000320. The number of hydrogen-bond donors (Lipinski definition) is 2. The molecule has 0 radical (unpaired) electrons. The second-order valence-electron chi connectivity index (χ2n) is 8.26. The van der Waals surface area contributed by atoms with Gasteiger partial charge in [-0.25, -0.2) is 8.42 Å². The standard InChI is InChI=1S/C21H34N4O3S.HI/c1-17-6-8-19(9-7-17)25-12-4-5-18(15-25)24-20(22-2)23-16-21(29(3,26)27)10-13-28-14-11-21;/h6-9,18H,4-5,10-16H2,1-3H3,(H2,22,23,24);1H. The summed E-state index contributed by atoms with van der Waals surface area (Å²) >= 11 is 0. The predicted octanol–water partition coefficient (Wildman–Crippen LogP) is 2.34. The summed E-state index contributed by atoms with van der Waals surface area (Å²) in [7, 11) is -1.48. The lowest BCUT2D eigenvalue weighted by atomic mass is 9.99. The zero-order valence-corrected chi connectivity index (χ0v) is 21.3. The first kappa shape index (κ1) is 25.2. The highest BCUT2D eigenvalue weighted by Crippen LogP contribution is 2.28. The van der Waals surface area contributed by atoms with Crippen molar-refractivity contribution in [2.75, 3.05) is 51.1 Å². The van der Waals surface area contributed by atoms with Crippen molar-refractivity contribution in [2.24, 2.45) is 4.99 Å². The van der Waals surface area contributed by atoms with Gasteiger partial charge in [-0.1, -0.05) is 17.7 Å². The first-order valence-corrected chi connectivity index (χ1v) is 12.3. The van der Waals surface area contributed by atoms with E-state index >= 15 is 0 Å². The molecular formula is C21H35IN4O3S. The first-order valence-electron chi connectivity index (χ1n) is 10.4. The summed E-state index contributed by atoms with van der Waals surface area (Å²) in [6.07, 6.45) is 4.53. The van der Waals surface area contributed by atoms with Crippen molar-refractivity contribution in [1.82, 2.24) is 10.6 Å². The van der Waals surface area contributed by atoms with Crippen LogP contribution < -0.4 is 15.5 Å². The minimum atomic E-state index is -3.21. The number of guanidine groups is 1. The third-order valence-corrected chi connectivity index (χ3v) is 8.28. The number of hydrogen-bond acceptors (Lipinski definition) is 5. The Labute approximate surface area is 198 Å². The van der Waals surface area contributed by atoms with Crippen LogP contribution in [0.25, 0.3) is 0 Å². The van der Waals surface area contributed by atoms with E-state index in [2.05, 4.69) is 51.7 Å². The van der Waals surface area contributed by atoms with E-state index in [0.717, 1.165) is 25.9 Å². The molecule has 0 bridgehead atoms. The molecule has 0 saturated carbocycles. The van der Waals surface area contributed by atoms with Crippen molar-refractivity contribution in [3.63, 3.8) is 0 Å². The summed E-state index contributed by atoms with van der Waals surface area (Å²) in [6, 6.07) is 8.90. The minimum absolute atomic E-state index is 0. The fourth-order valence-electron chi connectivity index (χ4n) is 4.14. The Hall–Kier alpha value is -1.07. The molecule has 1 unspecified atom stereocenters. The summed E-state index contributed by atoms with van der Waals surface area (Å²) < 4.78 is 29.5. The fraction of sp³-hybridized carbons (Fsp3) is 0.667. The Morgan fingerprint density at radius 2 is 1.93 bits per heavy atom. The number of nitrogens with zero attached hydrogens (tertiary/aromatic N) is 2. The third-order valence-electron chi connectivity index (χ3n) is 6.15. The normalized spacial score (nSPS) is 22.2. The summed E-state index contributed by atoms with van der Waals surface area (Å²) in [5.41, 5.74) is 2.50. The lowest BCUT2D eigenvalue weighted by Crippen LogP contribution is -2.56. The molecule has 2 aliphatic rings. The number of anilines is 1. The number of sulfone groups is 1.